The van der Waals surface area contributed by atoms with Gasteiger partial charge in [-0.2, -0.15) is 0 Å². The summed E-state index contributed by atoms with van der Waals surface area (Å²) in [6.07, 6.45) is 14.2. The van der Waals surface area contributed by atoms with E-state index in [0.717, 1.165) is 19.4 Å². The molecule has 1 rings (SSSR count). The van der Waals surface area contributed by atoms with Crippen LogP contribution >= 0.6 is 12.4 Å². The highest BCUT2D eigenvalue weighted by Crippen LogP contribution is 2.12. The predicted molar refractivity (Wildman–Crippen MR) is 101 cm³/mol. The third kappa shape index (κ3) is 12.0. The van der Waals surface area contributed by atoms with E-state index in [1.807, 2.05) is 0 Å². The molecule has 0 aliphatic rings. The average Bonchev–Trinajstić information content (AvgIpc) is 2.50. The van der Waals surface area contributed by atoms with Gasteiger partial charge in [0.1, 0.15) is 0 Å². The Morgan fingerprint density at radius 3 is 1.77 bits per heavy atom. The Labute approximate surface area is 143 Å². The SMILES string of the molecule is Cl.NCCCCCCCCCCCC(N)Cc1ccccc1. The van der Waals surface area contributed by atoms with Crippen LogP contribution in [0.4, 0.5) is 0 Å². The van der Waals surface area contributed by atoms with Gasteiger partial charge in [0.05, 0.1) is 0 Å². The minimum atomic E-state index is 0. The summed E-state index contributed by atoms with van der Waals surface area (Å²) in [4.78, 5) is 0. The van der Waals surface area contributed by atoms with E-state index in [9.17, 15) is 0 Å². The quantitative estimate of drug-likeness (QED) is 0.510. The van der Waals surface area contributed by atoms with Crippen molar-refractivity contribution in [2.75, 3.05) is 6.54 Å². The van der Waals surface area contributed by atoms with Gasteiger partial charge in [-0.3, -0.25) is 0 Å². The summed E-state index contributed by atoms with van der Waals surface area (Å²) < 4.78 is 0. The molecule has 0 radical (unpaired) electrons. The molecule has 0 bridgehead atoms. The Morgan fingerprint density at radius 1 is 0.727 bits per heavy atom. The van der Waals surface area contributed by atoms with Crippen molar-refractivity contribution in [3.8, 4) is 0 Å². The molecule has 22 heavy (non-hydrogen) atoms. The van der Waals surface area contributed by atoms with Gasteiger partial charge >= 0.3 is 0 Å². The third-order valence-corrected chi connectivity index (χ3v) is 4.12. The maximum Gasteiger partial charge on any atom is 0.00793 e. The standard InChI is InChI=1S/C19H34N2.ClH/c20-16-12-7-5-3-1-2-4-6-11-15-19(21)17-18-13-9-8-10-14-18;/h8-10,13-14,19H,1-7,11-12,15-17,20-21H2;1H. The fraction of sp³-hybridized carbons (Fsp3) is 0.684. The molecule has 0 heterocycles. The number of hydrogen-bond donors (Lipinski definition) is 2. The molecule has 3 heteroatoms. The van der Waals surface area contributed by atoms with E-state index >= 15 is 0 Å². The molecule has 0 aliphatic carbocycles. The summed E-state index contributed by atoms with van der Waals surface area (Å²) in [5, 5.41) is 0. The van der Waals surface area contributed by atoms with E-state index in [-0.39, 0.29) is 12.4 Å². The first-order chi connectivity index (χ1) is 10.3. The summed E-state index contributed by atoms with van der Waals surface area (Å²) >= 11 is 0. The Balaban J connectivity index is 0.00000441. The summed E-state index contributed by atoms with van der Waals surface area (Å²) in [7, 11) is 0. The molecule has 0 amide bonds. The monoisotopic (exact) mass is 326 g/mol. The van der Waals surface area contributed by atoms with Gasteiger partial charge in [0, 0.05) is 6.04 Å². The van der Waals surface area contributed by atoms with Crippen LogP contribution in [0.3, 0.4) is 0 Å². The lowest BCUT2D eigenvalue weighted by Crippen LogP contribution is -2.22. The van der Waals surface area contributed by atoms with Gasteiger partial charge in [0.2, 0.25) is 0 Å². The van der Waals surface area contributed by atoms with Crippen LogP contribution in [-0.2, 0) is 6.42 Å². The molecule has 4 N–H and O–H groups in total. The Kier molecular flexibility index (Phi) is 14.9. The molecular weight excluding hydrogens is 292 g/mol. The van der Waals surface area contributed by atoms with Crippen LogP contribution in [0.5, 0.6) is 0 Å². The molecule has 1 aromatic rings. The number of benzene rings is 1. The fourth-order valence-electron chi connectivity index (χ4n) is 2.81. The molecule has 128 valence electrons. The van der Waals surface area contributed by atoms with E-state index in [1.165, 1.54) is 63.4 Å². The lowest BCUT2D eigenvalue weighted by Gasteiger charge is -2.11. The van der Waals surface area contributed by atoms with Gasteiger partial charge in [-0.1, -0.05) is 81.7 Å². The van der Waals surface area contributed by atoms with Crippen LogP contribution in [0, 0.1) is 0 Å². The van der Waals surface area contributed by atoms with Crippen molar-refractivity contribution in [1.29, 1.82) is 0 Å². The second kappa shape index (κ2) is 15.3. The maximum atomic E-state index is 6.20. The highest BCUT2D eigenvalue weighted by Gasteiger charge is 2.03. The number of halogens is 1. The zero-order valence-electron chi connectivity index (χ0n) is 14.0. The summed E-state index contributed by atoms with van der Waals surface area (Å²) in [6, 6.07) is 10.9. The smallest absolute Gasteiger partial charge is 0.00793 e. The van der Waals surface area contributed by atoms with Crippen molar-refractivity contribution in [2.24, 2.45) is 11.5 Å². The molecule has 1 unspecified atom stereocenters. The van der Waals surface area contributed by atoms with Crippen LogP contribution < -0.4 is 11.5 Å². The Hall–Kier alpha value is -0.570. The highest BCUT2D eigenvalue weighted by molar-refractivity contribution is 5.85. The Bertz CT molecular complexity index is 329. The fourth-order valence-corrected chi connectivity index (χ4v) is 2.81. The third-order valence-electron chi connectivity index (χ3n) is 4.12. The van der Waals surface area contributed by atoms with Gasteiger partial charge in [0.25, 0.3) is 0 Å². The van der Waals surface area contributed by atoms with Gasteiger partial charge < -0.3 is 11.5 Å². The molecule has 0 fully saturated rings. The van der Waals surface area contributed by atoms with Crippen LogP contribution in [0.2, 0.25) is 0 Å². The minimum absolute atomic E-state index is 0. The topological polar surface area (TPSA) is 52.0 Å². The van der Waals surface area contributed by atoms with Gasteiger partial charge in [0.15, 0.2) is 0 Å². The molecule has 0 saturated carbocycles. The molecule has 0 aromatic heterocycles. The number of unbranched alkanes of at least 4 members (excludes halogenated alkanes) is 8. The maximum absolute atomic E-state index is 6.20. The zero-order valence-corrected chi connectivity index (χ0v) is 14.8. The number of hydrogen-bond acceptors (Lipinski definition) is 2. The minimum Gasteiger partial charge on any atom is -0.330 e. The van der Waals surface area contributed by atoms with Crippen molar-refractivity contribution in [1.82, 2.24) is 0 Å². The molecule has 0 saturated heterocycles. The van der Waals surface area contributed by atoms with E-state index < -0.39 is 0 Å². The lowest BCUT2D eigenvalue weighted by molar-refractivity contribution is 0.521. The molecule has 1 aromatic carbocycles. The van der Waals surface area contributed by atoms with Gasteiger partial charge in [-0.05, 0) is 31.4 Å². The van der Waals surface area contributed by atoms with Gasteiger partial charge in [-0.15, -0.1) is 12.4 Å². The first kappa shape index (κ1) is 21.4. The van der Waals surface area contributed by atoms with E-state index in [4.69, 9.17) is 11.5 Å². The average molecular weight is 327 g/mol. The number of rotatable bonds is 13. The predicted octanol–water partition coefficient (Wildman–Crippen LogP) is 4.84. The second-order valence-corrected chi connectivity index (χ2v) is 6.21. The Morgan fingerprint density at radius 2 is 1.23 bits per heavy atom. The van der Waals surface area contributed by atoms with Gasteiger partial charge in [-0.25, -0.2) is 0 Å². The van der Waals surface area contributed by atoms with Crippen molar-refractivity contribution in [3.05, 3.63) is 35.9 Å². The van der Waals surface area contributed by atoms with Crippen molar-refractivity contribution < 1.29 is 0 Å². The van der Waals surface area contributed by atoms with E-state index in [0.29, 0.717) is 6.04 Å². The number of nitrogens with two attached hydrogens (primary N) is 2. The highest BCUT2D eigenvalue weighted by atomic mass is 35.5. The molecular formula is C19H35ClN2. The molecule has 2 nitrogen and oxygen atoms in total. The molecule has 1 atom stereocenters. The zero-order chi connectivity index (χ0) is 15.2. The van der Waals surface area contributed by atoms with Crippen LogP contribution in [-0.4, -0.2) is 12.6 Å². The van der Waals surface area contributed by atoms with Crippen LogP contribution in [0.15, 0.2) is 30.3 Å². The lowest BCUT2D eigenvalue weighted by atomic mass is 10.00. The van der Waals surface area contributed by atoms with E-state index in [2.05, 4.69) is 30.3 Å². The van der Waals surface area contributed by atoms with Crippen molar-refractivity contribution in [2.45, 2.75) is 76.7 Å². The second-order valence-electron chi connectivity index (χ2n) is 6.21. The largest absolute Gasteiger partial charge is 0.330 e. The summed E-state index contributed by atoms with van der Waals surface area (Å²) in [5.41, 5.74) is 13.1. The molecule has 0 spiro atoms. The van der Waals surface area contributed by atoms with Crippen molar-refractivity contribution >= 4 is 12.4 Å². The first-order valence-electron chi connectivity index (χ1n) is 8.82. The van der Waals surface area contributed by atoms with E-state index in [1.54, 1.807) is 0 Å². The first-order valence-corrected chi connectivity index (χ1v) is 8.82. The van der Waals surface area contributed by atoms with Crippen molar-refractivity contribution in [3.63, 3.8) is 0 Å². The van der Waals surface area contributed by atoms with Crippen LogP contribution in [0.25, 0.3) is 0 Å². The summed E-state index contributed by atoms with van der Waals surface area (Å²) in [6.45, 7) is 0.850. The molecule has 0 aliphatic heterocycles. The van der Waals surface area contributed by atoms with Crippen LogP contribution in [0.1, 0.15) is 69.8 Å². The normalized spacial score (nSPS) is 11.9. The summed E-state index contributed by atoms with van der Waals surface area (Å²) in [5.74, 6) is 0.